The van der Waals surface area contributed by atoms with Crippen molar-refractivity contribution in [3.63, 3.8) is 0 Å². The minimum Gasteiger partial charge on any atom is -0.309 e. The van der Waals surface area contributed by atoms with Gasteiger partial charge in [0.25, 0.3) is 0 Å². The second-order valence-electron chi connectivity index (χ2n) is 3.87. The summed E-state index contributed by atoms with van der Waals surface area (Å²) in [7, 11) is 0. The van der Waals surface area contributed by atoms with Crippen molar-refractivity contribution in [2.75, 3.05) is 0 Å². The van der Waals surface area contributed by atoms with Gasteiger partial charge in [0, 0.05) is 11.9 Å². The molecule has 3 heteroatoms. The molecule has 0 radical (unpaired) electrons. The highest BCUT2D eigenvalue weighted by molar-refractivity contribution is 5.22. The smallest absolute Gasteiger partial charge is 0.309 e. The fourth-order valence-electron chi connectivity index (χ4n) is 1.36. The molecule has 72 valence electrons. The quantitative estimate of drug-likeness (QED) is 0.756. The number of aromatic amines is 1. The van der Waals surface area contributed by atoms with Crippen molar-refractivity contribution in [2.24, 2.45) is 0 Å². The van der Waals surface area contributed by atoms with Crippen molar-refractivity contribution in [3.05, 3.63) is 27.9 Å². The monoisotopic (exact) mass is 180 g/mol. The number of hydrogen-bond donors (Lipinski definition) is 1. The Morgan fingerprint density at radius 3 is 2.31 bits per heavy atom. The first-order valence-corrected chi connectivity index (χ1v) is 4.61. The van der Waals surface area contributed by atoms with E-state index in [1.54, 1.807) is 6.20 Å². The van der Waals surface area contributed by atoms with E-state index in [-0.39, 0.29) is 5.69 Å². The van der Waals surface area contributed by atoms with Crippen LogP contribution < -0.4 is 5.69 Å². The first-order chi connectivity index (χ1) is 6.02. The first-order valence-electron chi connectivity index (χ1n) is 4.61. The van der Waals surface area contributed by atoms with Gasteiger partial charge in [0.15, 0.2) is 0 Å². The van der Waals surface area contributed by atoms with Gasteiger partial charge in [0.1, 0.15) is 0 Å². The fourth-order valence-corrected chi connectivity index (χ4v) is 1.36. The van der Waals surface area contributed by atoms with Crippen LogP contribution in [0, 0.1) is 0 Å². The molecule has 13 heavy (non-hydrogen) atoms. The molecule has 0 amide bonds. The molecule has 0 aliphatic heterocycles. The highest BCUT2D eigenvalue weighted by Gasteiger charge is 2.10. The zero-order valence-electron chi connectivity index (χ0n) is 8.59. The van der Waals surface area contributed by atoms with Crippen LogP contribution in [0.2, 0.25) is 0 Å². The van der Waals surface area contributed by atoms with E-state index in [9.17, 15) is 4.79 Å². The molecule has 1 N–H and O–H groups in total. The molecule has 1 rings (SSSR count). The number of H-pyrrole nitrogens is 1. The topological polar surface area (TPSA) is 45.8 Å². The Balaban J connectivity index is 3.27. The van der Waals surface area contributed by atoms with E-state index in [0.717, 1.165) is 11.3 Å². The summed E-state index contributed by atoms with van der Waals surface area (Å²) in [6.45, 7) is 8.33. The van der Waals surface area contributed by atoms with Crippen molar-refractivity contribution in [1.29, 1.82) is 0 Å². The molecule has 0 saturated heterocycles. The zero-order chi connectivity index (χ0) is 10.0. The van der Waals surface area contributed by atoms with Gasteiger partial charge in [0.2, 0.25) is 0 Å². The first kappa shape index (κ1) is 9.96. The number of nitrogens with zero attached hydrogens (tertiary/aromatic N) is 1. The Morgan fingerprint density at radius 1 is 1.23 bits per heavy atom. The van der Waals surface area contributed by atoms with Crippen LogP contribution in [0.1, 0.15) is 50.8 Å². The summed E-state index contributed by atoms with van der Waals surface area (Å²) in [4.78, 5) is 17.5. The average Bonchev–Trinajstić information content (AvgIpc) is 2.03. The Morgan fingerprint density at radius 2 is 1.85 bits per heavy atom. The molecule has 0 atom stereocenters. The molecule has 0 aliphatic carbocycles. The van der Waals surface area contributed by atoms with Gasteiger partial charge in [-0.1, -0.05) is 27.7 Å². The van der Waals surface area contributed by atoms with Gasteiger partial charge in [-0.05, 0) is 17.4 Å². The summed E-state index contributed by atoms with van der Waals surface area (Å²) in [5.74, 6) is 0.745. The summed E-state index contributed by atoms with van der Waals surface area (Å²) in [5.41, 5.74) is 1.89. The van der Waals surface area contributed by atoms with Crippen molar-refractivity contribution < 1.29 is 0 Å². The molecule has 3 nitrogen and oxygen atoms in total. The van der Waals surface area contributed by atoms with Gasteiger partial charge in [0.05, 0.1) is 0 Å². The molecule has 0 saturated carbocycles. The lowest BCUT2D eigenvalue weighted by atomic mass is 9.97. The van der Waals surface area contributed by atoms with Crippen molar-refractivity contribution in [2.45, 2.75) is 39.5 Å². The third-order valence-electron chi connectivity index (χ3n) is 2.07. The lowest BCUT2D eigenvalue weighted by molar-refractivity contribution is 0.736. The van der Waals surface area contributed by atoms with Crippen LogP contribution in [0.4, 0.5) is 0 Å². The fraction of sp³-hybridized carbons (Fsp3) is 0.600. The van der Waals surface area contributed by atoms with Crippen LogP contribution in [0.25, 0.3) is 0 Å². The van der Waals surface area contributed by atoms with Crippen LogP contribution in [-0.4, -0.2) is 9.97 Å². The van der Waals surface area contributed by atoms with Gasteiger partial charge >= 0.3 is 5.69 Å². The van der Waals surface area contributed by atoms with E-state index in [4.69, 9.17) is 0 Å². The van der Waals surface area contributed by atoms with E-state index in [0.29, 0.717) is 11.8 Å². The predicted molar refractivity (Wildman–Crippen MR) is 53.0 cm³/mol. The Bertz CT molecular complexity index is 339. The molecule has 0 fully saturated rings. The Kier molecular flexibility index (Phi) is 2.86. The Hall–Kier alpha value is -1.12. The molecule has 1 aromatic rings. The van der Waals surface area contributed by atoms with Crippen molar-refractivity contribution >= 4 is 0 Å². The molecule has 1 aromatic heterocycles. The third kappa shape index (κ3) is 2.17. The standard InChI is InChI=1S/C10H16N2O/c1-6(2)8-5-11-10(13)12-9(8)7(3)4/h5-7H,1-4H3,(H,11,12,13). The largest absolute Gasteiger partial charge is 0.345 e. The van der Waals surface area contributed by atoms with Gasteiger partial charge < -0.3 is 4.98 Å². The Labute approximate surface area is 78.2 Å². The molecule has 0 aromatic carbocycles. The molecule has 0 bridgehead atoms. The highest BCUT2D eigenvalue weighted by atomic mass is 16.1. The molecular formula is C10H16N2O. The summed E-state index contributed by atoms with van der Waals surface area (Å²) in [6.07, 6.45) is 1.68. The molecule has 0 aliphatic rings. The van der Waals surface area contributed by atoms with Crippen LogP contribution >= 0.6 is 0 Å². The normalized spacial score (nSPS) is 11.2. The molecule has 1 heterocycles. The predicted octanol–water partition coefficient (Wildman–Crippen LogP) is 2.02. The summed E-state index contributed by atoms with van der Waals surface area (Å²) < 4.78 is 0. The van der Waals surface area contributed by atoms with Crippen LogP contribution in [0.15, 0.2) is 11.0 Å². The molecule has 0 spiro atoms. The SMILES string of the molecule is CC(C)c1cnc(=O)[nH]c1C(C)C. The van der Waals surface area contributed by atoms with Gasteiger partial charge in [-0.3, -0.25) is 0 Å². The highest BCUT2D eigenvalue weighted by Crippen LogP contribution is 2.21. The van der Waals surface area contributed by atoms with E-state index < -0.39 is 0 Å². The second kappa shape index (κ2) is 3.73. The summed E-state index contributed by atoms with van der Waals surface area (Å²) in [5, 5.41) is 0. The van der Waals surface area contributed by atoms with E-state index >= 15 is 0 Å². The van der Waals surface area contributed by atoms with Gasteiger partial charge in [-0.15, -0.1) is 0 Å². The number of rotatable bonds is 2. The average molecular weight is 180 g/mol. The lowest BCUT2D eigenvalue weighted by Crippen LogP contribution is -2.16. The molecule has 0 unspecified atom stereocenters. The minimum atomic E-state index is -0.256. The zero-order valence-corrected chi connectivity index (χ0v) is 8.59. The number of nitrogens with one attached hydrogen (secondary N) is 1. The van der Waals surface area contributed by atoms with Gasteiger partial charge in [-0.25, -0.2) is 9.78 Å². The lowest BCUT2D eigenvalue weighted by Gasteiger charge is -2.13. The van der Waals surface area contributed by atoms with Crippen molar-refractivity contribution in [1.82, 2.24) is 9.97 Å². The molecular weight excluding hydrogens is 164 g/mol. The van der Waals surface area contributed by atoms with Crippen LogP contribution in [0.5, 0.6) is 0 Å². The maximum Gasteiger partial charge on any atom is 0.345 e. The van der Waals surface area contributed by atoms with Gasteiger partial charge in [-0.2, -0.15) is 0 Å². The summed E-state index contributed by atoms with van der Waals surface area (Å²) >= 11 is 0. The maximum atomic E-state index is 11.0. The minimum absolute atomic E-state index is 0.256. The van der Waals surface area contributed by atoms with E-state index in [1.165, 1.54) is 0 Å². The number of aromatic nitrogens is 2. The third-order valence-corrected chi connectivity index (χ3v) is 2.07. The van der Waals surface area contributed by atoms with E-state index in [2.05, 4.69) is 37.7 Å². The van der Waals surface area contributed by atoms with Crippen LogP contribution in [0.3, 0.4) is 0 Å². The van der Waals surface area contributed by atoms with Crippen LogP contribution in [-0.2, 0) is 0 Å². The van der Waals surface area contributed by atoms with E-state index in [1.807, 2.05) is 0 Å². The maximum absolute atomic E-state index is 11.0. The van der Waals surface area contributed by atoms with Crippen molar-refractivity contribution in [3.8, 4) is 0 Å². The number of hydrogen-bond acceptors (Lipinski definition) is 2. The summed E-state index contributed by atoms with van der Waals surface area (Å²) in [6, 6.07) is 0. The second-order valence-corrected chi connectivity index (χ2v) is 3.87.